The summed E-state index contributed by atoms with van der Waals surface area (Å²) in [5, 5.41) is 17.2. The van der Waals surface area contributed by atoms with Gasteiger partial charge in [0.25, 0.3) is 17.5 Å². The molecule has 2 amide bonds. The molecule has 150 valence electrons. The molecule has 0 bridgehead atoms. The zero-order chi connectivity index (χ0) is 21.5. The van der Waals surface area contributed by atoms with Crippen molar-refractivity contribution in [3.63, 3.8) is 0 Å². The number of hydrogen-bond donors (Lipinski definition) is 2. The highest BCUT2D eigenvalue weighted by Crippen LogP contribution is 2.16. The van der Waals surface area contributed by atoms with Gasteiger partial charge in [0.05, 0.1) is 11.1 Å². The van der Waals surface area contributed by atoms with Crippen LogP contribution in [0.3, 0.4) is 0 Å². The number of hydrazone groups is 1. The van der Waals surface area contributed by atoms with Gasteiger partial charge in [-0.15, -0.1) is 0 Å². The predicted octanol–water partition coefficient (Wildman–Crippen LogP) is 3.75. The van der Waals surface area contributed by atoms with E-state index in [1.54, 1.807) is 0 Å². The highest BCUT2D eigenvalue weighted by Gasteiger charge is 2.12. The molecule has 0 atom stereocenters. The van der Waals surface area contributed by atoms with Crippen molar-refractivity contribution in [2.75, 3.05) is 5.32 Å². The number of carbonyl (C=O) groups is 2. The number of hydrogen-bond acceptors (Lipinski definition) is 5. The van der Waals surface area contributed by atoms with Gasteiger partial charge < -0.3 is 5.32 Å². The van der Waals surface area contributed by atoms with Crippen molar-refractivity contribution in [1.29, 1.82) is 0 Å². The number of amides is 2. The highest BCUT2D eigenvalue weighted by atomic mass is 19.1. The summed E-state index contributed by atoms with van der Waals surface area (Å²) in [5.41, 5.74) is 3.65. The maximum absolute atomic E-state index is 12.8. The second kappa shape index (κ2) is 9.20. The van der Waals surface area contributed by atoms with E-state index in [0.29, 0.717) is 16.8 Å². The molecule has 0 aromatic heterocycles. The Bertz CT molecular complexity index is 1110. The van der Waals surface area contributed by atoms with Crippen LogP contribution in [-0.2, 0) is 0 Å². The molecule has 0 saturated heterocycles. The second-order valence-corrected chi connectivity index (χ2v) is 6.09. The summed E-state index contributed by atoms with van der Waals surface area (Å²) < 4.78 is 12.8. The van der Waals surface area contributed by atoms with Crippen LogP contribution in [0.1, 0.15) is 26.3 Å². The monoisotopic (exact) mass is 406 g/mol. The maximum Gasteiger partial charge on any atom is 0.271 e. The van der Waals surface area contributed by atoms with Crippen molar-refractivity contribution in [2.45, 2.75) is 0 Å². The molecule has 3 rings (SSSR count). The number of rotatable bonds is 6. The van der Waals surface area contributed by atoms with E-state index in [-0.39, 0.29) is 17.1 Å². The lowest BCUT2D eigenvalue weighted by molar-refractivity contribution is -0.384. The average Bonchev–Trinajstić information content (AvgIpc) is 2.75. The smallest absolute Gasteiger partial charge is 0.271 e. The first kappa shape index (κ1) is 20.3. The third-order valence-electron chi connectivity index (χ3n) is 3.97. The van der Waals surface area contributed by atoms with Crippen LogP contribution >= 0.6 is 0 Å². The summed E-state index contributed by atoms with van der Waals surface area (Å²) in [6, 6.07) is 17.0. The van der Waals surface area contributed by atoms with Crippen LogP contribution in [0.5, 0.6) is 0 Å². The first-order valence-electron chi connectivity index (χ1n) is 8.67. The highest BCUT2D eigenvalue weighted by molar-refractivity contribution is 6.05. The Kier molecular flexibility index (Phi) is 6.23. The van der Waals surface area contributed by atoms with Crippen LogP contribution < -0.4 is 10.7 Å². The van der Waals surface area contributed by atoms with Gasteiger partial charge in [0.2, 0.25) is 0 Å². The zero-order valence-corrected chi connectivity index (χ0v) is 15.4. The second-order valence-electron chi connectivity index (χ2n) is 6.09. The molecule has 0 aliphatic rings. The Balaban J connectivity index is 1.59. The zero-order valence-electron chi connectivity index (χ0n) is 15.4. The van der Waals surface area contributed by atoms with Crippen molar-refractivity contribution >= 4 is 29.4 Å². The molecule has 8 nitrogen and oxygen atoms in total. The van der Waals surface area contributed by atoms with Crippen LogP contribution in [0.2, 0.25) is 0 Å². The van der Waals surface area contributed by atoms with Gasteiger partial charge >= 0.3 is 0 Å². The molecular weight excluding hydrogens is 391 g/mol. The summed E-state index contributed by atoms with van der Waals surface area (Å²) in [6.07, 6.45) is 1.38. The number of benzene rings is 3. The van der Waals surface area contributed by atoms with Gasteiger partial charge in [-0.05, 0) is 48.0 Å². The van der Waals surface area contributed by atoms with E-state index in [9.17, 15) is 24.1 Å². The third-order valence-corrected chi connectivity index (χ3v) is 3.97. The fraction of sp³-hybridized carbons (Fsp3) is 0. The first-order chi connectivity index (χ1) is 14.4. The summed E-state index contributed by atoms with van der Waals surface area (Å²) in [4.78, 5) is 34.6. The molecule has 0 fully saturated rings. The average molecular weight is 406 g/mol. The van der Waals surface area contributed by atoms with Crippen molar-refractivity contribution in [2.24, 2.45) is 5.10 Å². The quantitative estimate of drug-likeness (QED) is 0.369. The minimum absolute atomic E-state index is 0.140. The number of nitro groups is 1. The molecule has 0 heterocycles. The molecule has 3 aromatic carbocycles. The van der Waals surface area contributed by atoms with Gasteiger partial charge in [-0.1, -0.05) is 18.2 Å². The van der Waals surface area contributed by atoms with Gasteiger partial charge in [-0.2, -0.15) is 5.10 Å². The van der Waals surface area contributed by atoms with E-state index >= 15 is 0 Å². The van der Waals surface area contributed by atoms with E-state index in [1.807, 2.05) is 0 Å². The third kappa shape index (κ3) is 5.32. The SMILES string of the molecule is O=C(N/N=C\c1ccc(F)cc1)c1ccc(NC(=O)c2cccc([N+](=O)[O-])c2)cc1. The molecule has 30 heavy (non-hydrogen) atoms. The molecular formula is C21H15FN4O4. The Morgan fingerprint density at radius 3 is 2.30 bits per heavy atom. The summed E-state index contributed by atoms with van der Waals surface area (Å²) in [7, 11) is 0. The molecule has 0 aliphatic carbocycles. The number of nitrogens with zero attached hydrogens (tertiary/aromatic N) is 2. The number of carbonyl (C=O) groups excluding carboxylic acids is 2. The fourth-order valence-corrected chi connectivity index (χ4v) is 2.45. The number of non-ortho nitro benzene ring substituents is 1. The molecule has 9 heteroatoms. The molecule has 2 N–H and O–H groups in total. The van der Waals surface area contributed by atoms with Crippen LogP contribution in [0.4, 0.5) is 15.8 Å². The Morgan fingerprint density at radius 2 is 1.63 bits per heavy atom. The first-order valence-corrected chi connectivity index (χ1v) is 8.67. The summed E-state index contributed by atoms with van der Waals surface area (Å²) in [6.45, 7) is 0. The Labute approximate surface area is 170 Å². The minimum atomic E-state index is -0.581. The Morgan fingerprint density at radius 1 is 0.933 bits per heavy atom. The van der Waals surface area contributed by atoms with Crippen LogP contribution in [0, 0.1) is 15.9 Å². The number of anilines is 1. The maximum atomic E-state index is 12.8. The predicted molar refractivity (Wildman–Crippen MR) is 109 cm³/mol. The van der Waals surface area contributed by atoms with E-state index in [4.69, 9.17) is 0 Å². The van der Waals surface area contributed by atoms with Gasteiger partial charge in [0, 0.05) is 28.9 Å². The van der Waals surface area contributed by atoms with Crippen molar-refractivity contribution in [3.8, 4) is 0 Å². The fourth-order valence-electron chi connectivity index (χ4n) is 2.45. The lowest BCUT2D eigenvalue weighted by Gasteiger charge is -2.06. The lowest BCUT2D eigenvalue weighted by Crippen LogP contribution is -2.18. The van der Waals surface area contributed by atoms with Crippen LogP contribution in [-0.4, -0.2) is 23.0 Å². The normalized spacial score (nSPS) is 10.6. The van der Waals surface area contributed by atoms with Gasteiger partial charge in [0.15, 0.2) is 0 Å². The summed E-state index contributed by atoms with van der Waals surface area (Å²) >= 11 is 0. The van der Waals surface area contributed by atoms with Crippen LogP contribution in [0.15, 0.2) is 77.9 Å². The molecule has 0 spiro atoms. The minimum Gasteiger partial charge on any atom is -0.322 e. The molecule has 3 aromatic rings. The molecule has 0 saturated carbocycles. The lowest BCUT2D eigenvalue weighted by atomic mass is 10.1. The number of halogens is 1. The van der Waals surface area contributed by atoms with E-state index in [0.717, 1.165) is 0 Å². The van der Waals surface area contributed by atoms with Gasteiger partial charge in [-0.3, -0.25) is 19.7 Å². The van der Waals surface area contributed by atoms with Crippen LogP contribution in [0.25, 0.3) is 0 Å². The van der Waals surface area contributed by atoms with Crippen molar-refractivity contribution in [3.05, 3.63) is 105 Å². The number of nitro benzene ring substituents is 1. The standard InChI is InChI=1S/C21H15FN4O4/c22-17-8-4-14(5-9-17)13-23-25-21(28)15-6-10-18(11-7-15)24-20(27)16-2-1-3-19(12-16)26(29)30/h1-13H,(H,24,27)(H,25,28)/b23-13-. The number of nitrogens with one attached hydrogen (secondary N) is 2. The Hall–Kier alpha value is -4.40. The summed E-state index contributed by atoms with van der Waals surface area (Å²) in [5.74, 6) is -1.35. The molecule has 0 aliphatic heterocycles. The van der Waals surface area contributed by atoms with Crippen molar-refractivity contribution < 1.29 is 18.9 Å². The van der Waals surface area contributed by atoms with E-state index in [1.165, 1.54) is 79.0 Å². The van der Waals surface area contributed by atoms with Crippen molar-refractivity contribution in [1.82, 2.24) is 5.43 Å². The van der Waals surface area contributed by atoms with Gasteiger partial charge in [0.1, 0.15) is 5.82 Å². The van der Waals surface area contributed by atoms with E-state index < -0.39 is 16.7 Å². The molecule has 0 radical (unpaired) electrons. The largest absolute Gasteiger partial charge is 0.322 e. The van der Waals surface area contributed by atoms with E-state index in [2.05, 4.69) is 15.8 Å². The van der Waals surface area contributed by atoms with Gasteiger partial charge in [-0.25, -0.2) is 9.82 Å². The topological polar surface area (TPSA) is 114 Å². The molecule has 0 unspecified atom stereocenters.